The zero-order valence-corrected chi connectivity index (χ0v) is 57.3. The predicted molar refractivity (Wildman–Crippen MR) is 330 cm³/mol. The second kappa shape index (κ2) is 30.1. The minimum atomic E-state index is -2.15. The molecule has 6 heterocycles. The van der Waals surface area contributed by atoms with E-state index < -0.39 is 280 Å². The molecule has 0 aromatic heterocycles. The zero-order valence-electron chi connectivity index (χ0n) is 57.3. The van der Waals surface area contributed by atoms with Crippen LogP contribution >= 0.6 is 0 Å². The monoisotopic (exact) mass is 1470 g/mol. The molecule has 0 spiro atoms. The highest BCUT2D eigenvalue weighted by Gasteiger charge is 2.72. The maximum absolute atomic E-state index is 15.8. The van der Waals surface area contributed by atoms with Gasteiger partial charge in [-0.15, -0.1) is 0 Å². The number of carbonyl (C=O) groups is 3. The summed E-state index contributed by atoms with van der Waals surface area (Å²) in [7, 11) is 0. The molecule has 0 aromatic carbocycles. The summed E-state index contributed by atoms with van der Waals surface area (Å²) in [6, 6.07) is 0. The summed E-state index contributed by atoms with van der Waals surface area (Å²) in [5.41, 5.74) is -4.42. The molecule has 0 radical (unpaired) electrons. The molecule has 36 heteroatoms. The molecule has 36 nitrogen and oxygen atoms in total. The highest BCUT2D eigenvalue weighted by Crippen LogP contribution is 2.76. The van der Waals surface area contributed by atoms with Crippen LogP contribution in [0.2, 0.25) is 0 Å². The lowest BCUT2D eigenvalue weighted by Crippen LogP contribution is -2.68. The van der Waals surface area contributed by atoms with Crippen molar-refractivity contribution in [1.29, 1.82) is 0 Å². The Balaban J connectivity index is 0.842. The number of aliphatic carboxylic acids is 1. The number of hydrogen-bond donors (Lipinski definition) is 21. The van der Waals surface area contributed by atoms with Crippen molar-refractivity contribution in [1.82, 2.24) is 0 Å². The van der Waals surface area contributed by atoms with Gasteiger partial charge in [0.1, 0.15) is 134 Å². The summed E-state index contributed by atoms with van der Waals surface area (Å²) in [6.45, 7) is 7.96. The van der Waals surface area contributed by atoms with Gasteiger partial charge in [0.05, 0.1) is 50.0 Å². The van der Waals surface area contributed by atoms with E-state index in [2.05, 4.69) is 40.7 Å². The van der Waals surface area contributed by atoms with Crippen LogP contribution in [-0.2, 0) is 71.2 Å². The van der Waals surface area contributed by atoms with E-state index in [4.69, 9.17) is 56.8 Å². The summed E-state index contributed by atoms with van der Waals surface area (Å²) in [6.07, 6.45) is -53.4. The van der Waals surface area contributed by atoms with Crippen LogP contribution in [0.25, 0.3) is 0 Å². The summed E-state index contributed by atoms with van der Waals surface area (Å²) < 4.78 is 69.7. The topological polar surface area (TPSA) is 587 Å². The molecular weight excluding hydrogens is 1370 g/mol. The molecule has 0 amide bonds. The molecule has 21 N–H and O–H groups in total. The molecule has 0 bridgehead atoms. The van der Waals surface area contributed by atoms with Crippen LogP contribution in [0.3, 0.4) is 0 Å². The van der Waals surface area contributed by atoms with Crippen molar-refractivity contribution in [3.63, 3.8) is 0 Å². The lowest BCUT2D eigenvalue weighted by Gasteiger charge is -2.71. The number of carbonyl (C=O) groups excluding carboxylic acids is 2. The van der Waals surface area contributed by atoms with Gasteiger partial charge in [0.2, 0.25) is 12.6 Å². The third-order valence-corrected chi connectivity index (χ3v) is 25.6. The van der Waals surface area contributed by atoms with E-state index in [1.165, 1.54) is 0 Å². The lowest BCUT2D eigenvalue weighted by molar-refractivity contribution is -0.364. The van der Waals surface area contributed by atoms with E-state index in [0.29, 0.717) is 44.9 Å². The molecule has 102 heavy (non-hydrogen) atoms. The fourth-order valence-electron chi connectivity index (χ4n) is 19.0. The number of allylic oxidation sites excluding steroid dienone is 2. The Labute approximate surface area is 585 Å². The first-order valence-corrected chi connectivity index (χ1v) is 35.0. The number of ether oxygens (including phenoxy) is 12. The molecule has 5 aliphatic carbocycles. The quantitative estimate of drug-likeness (QED) is 0.0448. The molecule has 10 fully saturated rings. The van der Waals surface area contributed by atoms with E-state index in [1.54, 1.807) is 6.92 Å². The maximum atomic E-state index is 15.8. The van der Waals surface area contributed by atoms with Crippen molar-refractivity contribution < 1.29 is 178 Å². The molecule has 6 saturated heterocycles. The fraction of sp³-hybridized carbons (Fsp3) is 0.924. The first kappa shape index (κ1) is 80.0. The smallest absolute Gasteiger partial charge is 0.335 e. The molecule has 39 atom stereocenters. The van der Waals surface area contributed by atoms with Crippen LogP contribution in [0.5, 0.6) is 0 Å². The van der Waals surface area contributed by atoms with Gasteiger partial charge in [-0.05, 0) is 111 Å². The number of fused-ring (bicyclic) bond motifs is 7. The fourth-order valence-corrected chi connectivity index (χ4v) is 19.0. The van der Waals surface area contributed by atoms with Crippen molar-refractivity contribution in [2.75, 3.05) is 33.0 Å². The highest BCUT2D eigenvalue weighted by molar-refractivity contribution is 5.79. The van der Waals surface area contributed by atoms with Crippen molar-refractivity contribution in [2.24, 2.45) is 50.2 Å². The van der Waals surface area contributed by atoms with Gasteiger partial charge in [-0.2, -0.15) is 0 Å². The molecule has 1 unspecified atom stereocenters. The van der Waals surface area contributed by atoms with Crippen LogP contribution < -0.4 is 0 Å². The SMILES string of the molecule is CC1(C)CC[C@]2(C(=O)O[C@@H]3O[C@H](CO[C@@H]4O[C@H](CO[C@@H]5O[C@H](CO)[C@H](O)[C@H](O)[C@H]5O)[C@@H](O)[C@H](O)[C@H]4O)[C@@H](O)[C@H](O[C@@H]4O[C@H](CO)[C@@H](O)[C@H](O)[C@H]4O)[C@H]3O)CC[C@]3(C)C(=CC[C@@H]4[C@@]5(C)CC[C@H](O)[C@@](C)(C(=O)O[C@@H]6O[C@H](CO)[C@@H](O)[C@H](O)[C@H]6O[C@@H]6O[C@H](C(=O)O)[C@@H](O)[C@H](O)[C@H]6O)C5CC[C@]43C)[C@@H]2C1. The molecule has 4 saturated carbocycles. The van der Waals surface area contributed by atoms with E-state index >= 15 is 9.59 Å². The number of esters is 2. The number of rotatable bonds is 18. The molecular formula is C66H104O36. The number of aliphatic hydroxyl groups excluding tert-OH is 20. The van der Waals surface area contributed by atoms with Gasteiger partial charge in [-0.1, -0.05) is 46.3 Å². The van der Waals surface area contributed by atoms with Crippen molar-refractivity contribution in [3.05, 3.63) is 11.6 Å². The van der Waals surface area contributed by atoms with Crippen molar-refractivity contribution >= 4 is 17.9 Å². The highest BCUT2D eigenvalue weighted by atomic mass is 16.8. The normalized spacial score (nSPS) is 53.2. The Morgan fingerprint density at radius 3 is 1.47 bits per heavy atom. The maximum Gasteiger partial charge on any atom is 0.335 e. The first-order chi connectivity index (χ1) is 47.8. The molecule has 584 valence electrons. The Morgan fingerprint density at radius 2 is 0.902 bits per heavy atom. The number of aliphatic hydroxyl groups is 20. The van der Waals surface area contributed by atoms with Gasteiger partial charge < -0.3 is 164 Å². The lowest BCUT2D eigenvalue weighted by atomic mass is 9.33. The third kappa shape index (κ3) is 13.6. The van der Waals surface area contributed by atoms with E-state index in [-0.39, 0.29) is 30.6 Å². The van der Waals surface area contributed by atoms with Crippen LogP contribution in [0, 0.1) is 50.2 Å². The van der Waals surface area contributed by atoms with Crippen LogP contribution in [0.15, 0.2) is 11.6 Å². The Bertz CT molecular complexity index is 2960. The molecule has 11 rings (SSSR count). The van der Waals surface area contributed by atoms with Gasteiger partial charge in [0.15, 0.2) is 37.4 Å². The third-order valence-electron chi connectivity index (χ3n) is 25.6. The minimum absolute atomic E-state index is 0.0965. The van der Waals surface area contributed by atoms with Gasteiger partial charge in [0.25, 0.3) is 0 Å². The Kier molecular flexibility index (Phi) is 23.6. The summed E-state index contributed by atoms with van der Waals surface area (Å²) in [5.74, 6) is -4.95. The van der Waals surface area contributed by atoms with E-state index in [9.17, 15) is 112 Å². The zero-order chi connectivity index (χ0) is 74.7. The average molecular weight is 1470 g/mol. The summed E-state index contributed by atoms with van der Waals surface area (Å²) >= 11 is 0. The average Bonchev–Trinajstić information content (AvgIpc) is 0.673. The first-order valence-electron chi connectivity index (χ1n) is 35.0. The Morgan fingerprint density at radius 1 is 0.441 bits per heavy atom. The summed E-state index contributed by atoms with van der Waals surface area (Å²) in [5, 5.41) is 227. The van der Waals surface area contributed by atoms with Gasteiger partial charge in [0, 0.05) is 0 Å². The number of carboxylic acids is 1. The number of hydrogen-bond acceptors (Lipinski definition) is 35. The molecule has 6 aliphatic heterocycles. The standard InChI is InChI=1S/C66H104O36/c1-61(2)13-15-66(60(90)101-57-48(86)49(98-55-46(84)39(77)34(72)26(19-68)94-55)37(75)29(97-57)22-92-54-45(83)40(78)36(74)28(96-54)21-91-53-44(82)38(76)33(71)25(18-67)93-53)16-14-63(4)23(24(66)17-61)7-8-30-62(3)11-10-32(70)65(6,31(62)9-12-64(30,63)5)59(89)102-58-51(42(80)35(73)27(20-69)95-58)100-56-47(85)41(79)43(81)50(99-56)52(87)88/h7,24-51,53-58,67-86H,8-22H2,1-6H3,(H,87,88)/t24-,25+,26+,27+,28+,29+,30+,31?,32-,33-,34+,35+,36+,37+,38-,39-,40-,41-,42-,43-,44+,45+,46+,47+,48+,49-,50-,51+,53+,54+,55-,56-,57-,58-,62+,63+,64+,65-,66-/m0/s1. The van der Waals surface area contributed by atoms with E-state index in [0.717, 1.165) is 5.57 Å². The second-order valence-corrected chi connectivity index (χ2v) is 31.8. The second-order valence-electron chi connectivity index (χ2n) is 31.8. The van der Waals surface area contributed by atoms with Crippen LogP contribution in [0.1, 0.15) is 106 Å². The van der Waals surface area contributed by atoms with E-state index in [1.807, 2.05) is 0 Å². The van der Waals surface area contributed by atoms with Gasteiger partial charge in [-0.3, -0.25) is 9.59 Å². The van der Waals surface area contributed by atoms with Gasteiger partial charge in [-0.25, -0.2) is 4.79 Å². The minimum Gasteiger partial charge on any atom is -0.479 e. The van der Waals surface area contributed by atoms with Crippen LogP contribution in [-0.4, -0.2) is 349 Å². The van der Waals surface area contributed by atoms with Crippen molar-refractivity contribution in [2.45, 2.75) is 296 Å². The van der Waals surface area contributed by atoms with Gasteiger partial charge >= 0.3 is 17.9 Å². The largest absolute Gasteiger partial charge is 0.479 e. The predicted octanol–water partition coefficient (Wildman–Crippen LogP) is -7.80. The number of carboxylic acid groups (broad SMARTS) is 1. The molecule has 11 aliphatic rings. The van der Waals surface area contributed by atoms with Crippen molar-refractivity contribution in [3.8, 4) is 0 Å². The Hall–Kier alpha value is -3.05. The van der Waals surface area contributed by atoms with Crippen LogP contribution in [0.4, 0.5) is 0 Å². The summed E-state index contributed by atoms with van der Waals surface area (Å²) in [4.78, 5) is 43.0. The molecule has 0 aromatic rings.